The predicted molar refractivity (Wildman–Crippen MR) is 76.4 cm³/mol. The van der Waals surface area contributed by atoms with Crippen LogP contribution in [0.3, 0.4) is 0 Å². The fourth-order valence-electron chi connectivity index (χ4n) is 2.35. The lowest BCUT2D eigenvalue weighted by Crippen LogP contribution is -2.35. The van der Waals surface area contributed by atoms with E-state index < -0.39 is 12.2 Å². The normalized spacial score (nSPS) is 21.4. The number of anilines is 1. The Morgan fingerprint density at radius 1 is 1.48 bits per heavy atom. The van der Waals surface area contributed by atoms with Crippen LogP contribution in [0, 0.1) is 0 Å². The predicted octanol–water partition coefficient (Wildman–Crippen LogP) is 1.12. The molecule has 2 aromatic heterocycles. The van der Waals surface area contributed by atoms with Crippen molar-refractivity contribution in [2.45, 2.75) is 18.6 Å². The number of hydrogen-bond donors (Lipinski definition) is 2. The fourth-order valence-corrected chi connectivity index (χ4v) is 2.35. The van der Waals surface area contributed by atoms with Gasteiger partial charge in [0.15, 0.2) is 0 Å². The van der Waals surface area contributed by atoms with E-state index in [0.29, 0.717) is 5.82 Å². The summed E-state index contributed by atoms with van der Waals surface area (Å²) in [7, 11) is 1.75. The SMILES string of the molecule is Cn1nc(-c2ccncc2)cc1NC(=O)[C@H]1C[C@H](F)CN1. The molecule has 3 heterocycles. The van der Waals surface area contributed by atoms with Crippen molar-refractivity contribution in [3.63, 3.8) is 0 Å². The summed E-state index contributed by atoms with van der Waals surface area (Å²) in [5.74, 6) is 0.343. The van der Waals surface area contributed by atoms with Crippen LogP contribution in [0.2, 0.25) is 0 Å². The van der Waals surface area contributed by atoms with Gasteiger partial charge in [-0.1, -0.05) is 0 Å². The molecule has 6 nitrogen and oxygen atoms in total. The summed E-state index contributed by atoms with van der Waals surface area (Å²) in [6.45, 7) is 0.228. The summed E-state index contributed by atoms with van der Waals surface area (Å²) in [5.41, 5.74) is 1.67. The zero-order valence-electron chi connectivity index (χ0n) is 11.6. The van der Waals surface area contributed by atoms with Gasteiger partial charge in [0.05, 0.1) is 11.7 Å². The summed E-state index contributed by atoms with van der Waals surface area (Å²) in [4.78, 5) is 16.0. The Bertz CT molecular complexity index is 642. The molecule has 3 rings (SSSR count). The van der Waals surface area contributed by atoms with E-state index in [1.54, 1.807) is 30.2 Å². The van der Waals surface area contributed by atoms with Crippen molar-refractivity contribution >= 4 is 11.7 Å². The van der Waals surface area contributed by atoms with Crippen LogP contribution in [-0.2, 0) is 11.8 Å². The van der Waals surface area contributed by atoms with Gasteiger partial charge >= 0.3 is 0 Å². The Balaban J connectivity index is 1.74. The molecule has 0 aromatic carbocycles. The lowest BCUT2D eigenvalue weighted by molar-refractivity contribution is -0.117. The molecular formula is C14H16FN5O. The minimum absolute atomic E-state index is 0.209. The summed E-state index contributed by atoms with van der Waals surface area (Å²) < 4.78 is 14.7. The second-order valence-corrected chi connectivity index (χ2v) is 5.06. The number of carbonyl (C=O) groups excluding carboxylic acids is 1. The number of amides is 1. The topological polar surface area (TPSA) is 71.8 Å². The highest BCUT2D eigenvalue weighted by Gasteiger charge is 2.29. The summed E-state index contributed by atoms with van der Waals surface area (Å²) >= 11 is 0. The van der Waals surface area contributed by atoms with E-state index in [-0.39, 0.29) is 18.9 Å². The van der Waals surface area contributed by atoms with Gasteiger partial charge in [-0.25, -0.2) is 4.39 Å². The molecule has 21 heavy (non-hydrogen) atoms. The Morgan fingerprint density at radius 2 is 2.24 bits per heavy atom. The van der Waals surface area contributed by atoms with Crippen LogP contribution in [0.25, 0.3) is 11.3 Å². The van der Waals surface area contributed by atoms with Crippen molar-refractivity contribution in [1.82, 2.24) is 20.1 Å². The van der Waals surface area contributed by atoms with Gasteiger partial charge in [-0.05, 0) is 12.1 Å². The van der Waals surface area contributed by atoms with Gasteiger partial charge in [0.25, 0.3) is 0 Å². The number of rotatable bonds is 3. The zero-order chi connectivity index (χ0) is 14.8. The molecule has 0 unspecified atom stereocenters. The number of hydrogen-bond acceptors (Lipinski definition) is 4. The van der Waals surface area contributed by atoms with Crippen molar-refractivity contribution in [2.24, 2.45) is 7.05 Å². The molecular weight excluding hydrogens is 273 g/mol. The Morgan fingerprint density at radius 3 is 2.90 bits per heavy atom. The quantitative estimate of drug-likeness (QED) is 0.888. The molecule has 2 N–H and O–H groups in total. The fraction of sp³-hybridized carbons (Fsp3) is 0.357. The van der Waals surface area contributed by atoms with Gasteiger partial charge in [0.1, 0.15) is 12.0 Å². The molecule has 0 spiro atoms. The third-order valence-electron chi connectivity index (χ3n) is 3.50. The molecule has 0 aliphatic carbocycles. The number of nitrogens with one attached hydrogen (secondary N) is 2. The molecule has 2 aromatic rings. The summed E-state index contributed by atoms with van der Waals surface area (Å²) in [6.07, 6.45) is 2.62. The minimum Gasteiger partial charge on any atom is -0.310 e. The maximum absolute atomic E-state index is 13.1. The highest BCUT2D eigenvalue weighted by Crippen LogP contribution is 2.21. The van der Waals surface area contributed by atoms with Gasteiger partial charge in [-0.15, -0.1) is 0 Å². The van der Waals surface area contributed by atoms with Gasteiger partial charge in [0, 0.05) is 44.0 Å². The Hall–Kier alpha value is -2.28. The first-order valence-corrected chi connectivity index (χ1v) is 6.76. The number of aromatic nitrogens is 3. The molecule has 1 amide bonds. The second kappa shape index (κ2) is 5.61. The summed E-state index contributed by atoms with van der Waals surface area (Å²) in [6, 6.07) is 4.99. The number of pyridine rings is 1. The molecule has 110 valence electrons. The minimum atomic E-state index is -0.959. The van der Waals surface area contributed by atoms with Crippen LogP contribution in [0.15, 0.2) is 30.6 Å². The largest absolute Gasteiger partial charge is 0.310 e. The van der Waals surface area contributed by atoms with E-state index in [1.807, 2.05) is 12.1 Å². The Kier molecular flexibility index (Phi) is 3.66. The van der Waals surface area contributed by atoms with Gasteiger partial charge in [-0.2, -0.15) is 5.10 Å². The van der Waals surface area contributed by atoms with Crippen LogP contribution >= 0.6 is 0 Å². The average Bonchev–Trinajstić information content (AvgIpc) is 3.07. The first-order chi connectivity index (χ1) is 10.1. The van der Waals surface area contributed by atoms with E-state index in [9.17, 15) is 9.18 Å². The average molecular weight is 289 g/mol. The third kappa shape index (κ3) is 2.92. The van der Waals surface area contributed by atoms with Crippen LogP contribution in [0.1, 0.15) is 6.42 Å². The lowest BCUT2D eigenvalue weighted by atomic mass is 10.2. The summed E-state index contributed by atoms with van der Waals surface area (Å²) in [5, 5.41) is 9.99. The molecule has 0 saturated carbocycles. The number of nitrogens with zero attached hydrogens (tertiary/aromatic N) is 3. The highest BCUT2D eigenvalue weighted by molar-refractivity contribution is 5.94. The molecule has 1 aliphatic rings. The smallest absolute Gasteiger partial charge is 0.242 e. The van der Waals surface area contributed by atoms with Gasteiger partial charge < -0.3 is 10.6 Å². The van der Waals surface area contributed by atoms with Crippen molar-refractivity contribution in [3.8, 4) is 11.3 Å². The van der Waals surface area contributed by atoms with Crippen molar-refractivity contribution < 1.29 is 9.18 Å². The van der Waals surface area contributed by atoms with Crippen LogP contribution in [0.4, 0.5) is 10.2 Å². The number of halogens is 1. The Labute approximate surface area is 121 Å². The van der Waals surface area contributed by atoms with E-state index >= 15 is 0 Å². The lowest BCUT2D eigenvalue weighted by Gasteiger charge is -2.10. The van der Waals surface area contributed by atoms with Crippen LogP contribution in [-0.4, -0.2) is 39.4 Å². The first-order valence-electron chi connectivity index (χ1n) is 6.76. The molecule has 1 aliphatic heterocycles. The van der Waals surface area contributed by atoms with Crippen LogP contribution in [0.5, 0.6) is 0 Å². The molecule has 1 fully saturated rings. The zero-order valence-corrected chi connectivity index (χ0v) is 11.6. The first kappa shape index (κ1) is 13.7. The monoisotopic (exact) mass is 289 g/mol. The molecule has 0 bridgehead atoms. The second-order valence-electron chi connectivity index (χ2n) is 5.06. The molecule has 0 radical (unpaired) electrons. The van der Waals surface area contributed by atoms with E-state index in [0.717, 1.165) is 11.3 Å². The molecule has 7 heteroatoms. The van der Waals surface area contributed by atoms with Crippen molar-refractivity contribution in [3.05, 3.63) is 30.6 Å². The van der Waals surface area contributed by atoms with Crippen molar-refractivity contribution in [2.75, 3.05) is 11.9 Å². The number of aryl methyl sites for hydroxylation is 1. The van der Waals surface area contributed by atoms with E-state index in [2.05, 4.69) is 20.7 Å². The van der Waals surface area contributed by atoms with E-state index in [4.69, 9.17) is 0 Å². The van der Waals surface area contributed by atoms with Crippen molar-refractivity contribution in [1.29, 1.82) is 0 Å². The standard InChI is InChI=1S/C14H16FN5O/c1-20-13(18-14(21)12-6-10(15)8-17-12)7-11(19-20)9-2-4-16-5-3-9/h2-5,7,10,12,17H,6,8H2,1H3,(H,18,21)/t10-,12+/m0/s1. The molecule has 2 atom stereocenters. The maximum atomic E-state index is 13.1. The van der Waals surface area contributed by atoms with Gasteiger partial charge in [0.2, 0.25) is 5.91 Å². The van der Waals surface area contributed by atoms with Crippen LogP contribution < -0.4 is 10.6 Å². The van der Waals surface area contributed by atoms with E-state index in [1.165, 1.54) is 0 Å². The maximum Gasteiger partial charge on any atom is 0.242 e. The molecule has 1 saturated heterocycles. The number of alkyl halides is 1. The highest BCUT2D eigenvalue weighted by atomic mass is 19.1. The van der Waals surface area contributed by atoms with Gasteiger partial charge in [-0.3, -0.25) is 14.5 Å². The number of carbonyl (C=O) groups is 1. The third-order valence-corrected chi connectivity index (χ3v) is 3.50.